The molecule has 0 N–H and O–H groups in total. The van der Waals surface area contributed by atoms with Crippen LogP contribution in [0.4, 0.5) is 0 Å². The fourth-order valence-corrected chi connectivity index (χ4v) is 3.95. The van der Waals surface area contributed by atoms with E-state index in [9.17, 15) is 0 Å². The van der Waals surface area contributed by atoms with Crippen LogP contribution in [0.3, 0.4) is 0 Å². The molecule has 0 saturated heterocycles. The Labute approximate surface area is 159 Å². The SMILES string of the molecule is Cc1ccc(-c2ccc3c(c2)c2cc(-c4ccccc4)ccc2n3C)cc1. The summed E-state index contributed by atoms with van der Waals surface area (Å²) in [6, 6.07) is 32.9. The Morgan fingerprint density at radius 1 is 0.519 bits per heavy atom. The molecule has 130 valence electrons. The van der Waals surface area contributed by atoms with Crippen LogP contribution in [0.5, 0.6) is 0 Å². The van der Waals surface area contributed by atoms with Crippen molar-refractivity contribution in [1.29, 1.82) is 0 Å². The highest BCUT2D eigenvalue weighted by molar-refractivity contribution is 6.10. The number of aryl methyl sites for hydroxylation is 2. The average molecular weight is 347 g/mol. The molecular formula is C26H21N. The third kappa shape index (κ3) is 2.63. The highest BCUT2D eigenvalue weighted by atomic mass is 14.9. The summed E-state index contributed by atoms with van der Waals surface area (Å²) in [6.45, 7) is 2.13. The molecule has 0 aliphatic rings. The van der Waals surface area contributed by atoms with Crippen LogP contribution in [0.25, 0.3) is 44.1 Å². The van der Waals surface area contributed by atoms with Gasteiger partial charge in [-0.2, -0.15) is 0 Å². The van der Waals surface area contributed by atoms with E-state index in [2.05, 4.69) is 110 Å². The number of benzene rings is 4. The molecule has 4 aromatic carbocycles. The molecule has 0 aliphatic carbocycles. The predicted molar refractivity (Wildman–Crippen MR) is 116 cm³/mol. The molecule has 1 nitrogen and oxygen atoms in total. The highest BCUT2D eigenvalue weighted by Crippen LogP contribution is 2.34. The summed E-state index contributed by atoms with van der Waals surface area (Å²) < 4.78 is 2.29. The van der Waals surface area contributed by atoms with E-state index in [1.165, 1.54) is 49.6 Å². The quantitative estimate of drug-likeness (QED) is 0.325. The van der Waals surface area contributed by atoms with Crippen molar-refractivity contribution in [3.63, 3.8) is 0 Å². The van der Waals surface area contributed by atoms with Crippen LogP contribution in [0.15, 0.2) is 91.0 Å². The molecule has 27 heavy (non-hydrogen) atoms. The minimum absolute atomic E-state index is 1.26. The second kappa shape index (κ2) is 6.14. The largest absolute Gasteiger partial charge is 0.344 e. The van der Waals surface area contributed by atoms with Gasteiger partial charge in [-0.05, 0) is 53.4 Å². The van der Waals surface area contributed by atoms with Crippen molar-refractivity contribution in [2.75, 3.05) is 0 Å². The first kappa shape index (κ1) is 15.9. The summed E-state index contributed by atoms with van der Waals surface area (Å²) in [5, 5.41) is 2.62. The van der Waals surface area contributed by atoms with Crippen molar-refractivity contribution in [2.24, 2.45) is 7.05 Å². The molecule has 5 rings (SSSR count). The molecule has 0 atom stereocenters. The maximum absolute atomic E-state index is 2.33. The number of aromatic nitrogens is 1. The lowest BCUT2D eigenvalue weighted by molar-refractivity contribution is 1.01. The summed E-state index contributed by atoms with van der Waals surface area (Å²) >= 11 is 0. The van der Waals surface area contributed by atoms with E-state index < -0.39 is 0 Å². The lowest BCUT2D eigenvalue weighted by Crippen LogP contribution is -1.86. The van der Waals surface area contributed by atoms with Gasteiger partial charge in [-0.25, -0.2) is 0 Å². The maximum atomic E-state index is 2.33. The van der Waals surface area contributed by atoms with Crippen LogP contribution >= 0.6 is 0 Å². The van der Waals surface area contributed by atoms with Crippen molar-refractivity contribution in [3.8, 4) is 22.3 Å². The molecule has 0 amide bonds. The zero-order valence-electron chi connectivity index (χ0n) is 15.6. The Balaban J connectivity index is 1.75. The lowest BCUT2D eigenvalue weighted by atomic mass is 10.00. The Morgan fingerprint density at radius 3 is 1.56 bits per heavy atom. The van der Waals surface area contributed by atoms with Crippen molar-refractivity contribution in [1.82, 2.24) is 4.57 Å². The van der Waals surface area contributed by atoms with Gasteiger partial charge in [0.05, 0.1) is 0 Å². The van der Waals surface area contributed by atoms with Crippen LogP contribution in [0.2, 0.25) is 0 Å². The van der Waals surface area contributed by atoms with E-state index >= 15 is 0 Å². The summed E-state index contributed by atoms with van der Waals surface area (Å²) in [5.74, 6) is 0. The molecule has 0 fully saturated rings. The second-order valence-corrected chi connectivity index (χ2v) is 7.25. The van der Waals surface area contributed by atoms with Crippen molar-refractivity contribution in [2.45, 2.75) is 6.92 Å². The van der Waals surface area contributed by atoms with Gasteiger partial charge in [-0.1, -0.05) is 72.3 Å². The zero-order valence-corrected chi connectivity index (χ0v) is 15.6. The van der Waals surface area contributed by atoms with Crippen LogP contribution in [-0.2, 0) is 7.05 Å². The molecule has 0 saturated carbocycles. The van der Waals surface area contributed by atoms with E-state index in [0.29, 0.717) is 0 Å². The van der Waals surface area contributed by atoms with E-state index in [-0.39, 0.29) is 0 Å². The van der Waals surface area contributed by atoms with Gasteiger partial charge >= 0.3 is 0 Å². The van der Waals surface area contributed by atoms with E-state index in [1.807, 2.05) is 0 Å². The van der Waals surface area contributed by atoms with Gasteiger partial charge in [0, 0.05) is 28.9 Å². The Kier molecular flexibility index (Phi) is 3.61. The third-order valence-electron chi connectivity index (χ3n) is 5.50. The number of nitrogens with zero attached hydrogens (tertiary/aromatic N) is 1. The monoisotopic (exact) mass is 347 g/mol. The van der Waals surface area contributed by atoms with Gasteiger partial charge < -0.3 is 4.57 Å². The van der Waals surface area contributed by atoms with Crippen molar-refractivity contribution in [3.05, 3.63) is 96.6 Å². The summed E-state index contributed by atoms with van der Waals surface area (Å²) in [6.07, 6.45) is 0. The minimum atomic E-state index is 1.26. The van der Waals surface area contributed by atoms with Crippen LogP contribution in [0.1, 0.15) is 5.56 Å². The van der Waals surface area contributed by atoms with E-state index in [4.69, 9.17) is 0 Å². The fraction of sp³-hybridized carbons (Fsp3) is 0.0769. The predicted octanol–water partition coefficient (Wildman–Crippen LogP) is 6.97. The van der Waals surface area contributed by atoms with Gasteiger partial charge in [0.15, 0.2) is 0 Å². The molecule has 0 bridgehead atoms. The van der Waals surface area contributed by atoms with Crippen LogP contribution < -0.4 is 0 Å². The van der Waals surface area contributed by atoms with E-state index in [1.54, 1.807) is 0 Å². The average Bonchev–Trinajstić information content (AvgIpc) is 3.00. The molecule has 5 aromatic rings. The molecule has 1 heteroatoms. The number of hydrogen-bond donors (Lipinski definition) is 0. The Hall–Kier alpha value is -3.32. The van der Waals surface area contributed by atoms with Crippen molar-refractivity contribution >= 4 is 21.8 Å². The van der Waals surface area contributed by atoms with Gasteiger partial charge in [0.1, 0.15) is 0 Å². The number of fused-ring (bicyclic) bond motifs is 3. The molecule has 1 aromatic heterocycles. The lowest BCUT2D eigenvalue weighted by Gasteiger charge is -2.04. The first-order valence-electron chi connectivity index (χ1n) is 9.35. The molecular weight excluding hydrogens is 326 g/mol. The second-order valence-electron chi connectivity index (χ2n) is 7.25. The molecule has 0 spiro atoms. The fourth-order valence-electron chi connectivity index (χ4n) is 3.95. The zero-order chi connectivity index (χ0) is 18.4. The first-order valence-corrected chi connectivity index (χ1v) is 9.35. The third-order valence-corrected chi connectivity index (χ3v) is 5.50. The normalized spacial score (nSPS) is 11.3. The Bertz CT molecular complexity index is 1260. The molecule has 0 radical (unpaired) electrons. The van der Waals surface area contributed by atoms with Crippen molar-refractivity contribution < 1.29 is 0 Å². The summed E-state index contributed by atoms with van der Waals surface area (Å²) in [7, 11) is 2.15. The summed E-state index contributed by atoms with van der Waals surface area (Å²) in [5.41, 5.74) is 8.87. The topological polar surface area (TPSA) is 4.93 Å². The summed E-state index contributed by atoms with van der Waals surface area (Å²) in [4.78, 5) is 0. The van der Waals surface area contributed by atoms with Crippen LogP contribution in [-0.4, -0.2) is 4.57 Å². The maximum Gasteiger partial charge on any atom is 0.0489 e. The van der Waals surface area contributed by atoms with Crippen LogP contribution in [0, 0.1) is 6.92 Å². The standard InChI is InChI=1S/C26H21N/c1-18-8-10-20(11-9-18)22-13-15-26-24(17-22)23-16-21(12-14-25(23)27(26)2)19-6-4-3-5-7-19/h3-17H,1-2H3. The van der Waals surface area contributed by atoms with Gasteiger partial charge in [0.25, 0.3) is 0 Å². The Morgan fingerprint density at radius 2 is 1.00 bits per heavy atom. The van der Waals surface area contributed by atoms with E-state index in [0.717, 1.165) is 0 Å². The molecule has 0 aliphatic heterocycles. The smallest absolute Gasteiger partial charge is 0.0489 e. The molecule has 1 heterocycles. The van der Waals surface area contributed by atoms with Gasteiger partial charge in [-0.3, -0.25) is 0 Å². The van der Waals surface area contributed by atoms with Gasteiger partial charge in [-0.15, -0.1) is 0 Å². The van der Waals surface area contributed by atoms with Gasteiger partial charge in [0.2, 0.25) is 0 Å². The molecule has 0 unspecified atom stereocenters. The minimum Gasteiger partial charge on any atom is -0.344 e. The number of rotatable bonds is 2. The first-order chi connectivity index (χ1) is 13.2. The highest BCUT2D eigenvalue weighted by Gasteiger charge is 2.11. The number of hydrogen-bond acceptors (Lipinski definition) is 0.